The number of hydrogen-bond donors (Lipinski definition) is 2. The Hall–Kier alpha value is -1.43. The molecule has 1 saturated heterocycles. The highest BCUT2D eigenvalue weighted by Gasteiger charge is 2.45. The van der Waals surface area contributed by atoms with Crippen molar-refractivity contribution in [2.45, 2.75) is 37.6 Å². The Balaban J connectivity index is 2.01. The van der Waals surface area contributed by atoms with Gasteiger partial charge in [0.15, 0.2) is 5.54 Å². The summed E-state index contributed by atoms with van der Waals surface area (Å²) in [5.41, 5.74) is -1.31. The first kappa shape index (κ1) is 13.0. The predicted octanol–water partition coefficient (Wildman–Crippen LogP) is 0.106. The summed E-state index contributed by atoms with van der Waals surface area (Å²) in [6.07, 6.45) is 2.37. The Bertz CT molecular complexity index is 373. The van der Waals surface area contributed by atoms with Gasteiger partial charge in [0.25, 0.3) is 0 Å². The van der Waals surface area contributed by atoms with Gasteiger partial charge in [-0.2, -0.15) is 0 Å². The zero-order valence-corrected chi connectivity index (χ0v) is 10.1. The minimum Gasteiger partial charge on any atom is -0.479 e. The van der Waals surface area contributed by atoms with Crippen molar-refractivity contribution in [3.8, 4) is 0 Å². The first-order valence-electron chi connectivity index (χ1n) is 6.18. The van der Waals surface area contributed by atoms with Gasteiger partial charge in [-0.25, -0.2) is 4.79 Å². The van der Waals surface area contributed by atoms with Crippen LogP contribution in [-0.4, -0.2) is 41.5 Å². The molecule has 2 aliphatic rings. The van der Waals surface area contributed by atoms with Crippen LogP contribution in [-0.2, 0) is 19.1 Å². The van der Waals surface area contributed by atoms with Crippen molar-refractivity contribution in [2.24, 2.45) is 5.92 Å². The second kappa shape index (κ2) is 5.06. The largest absolute Gasteiger partial charge is 0.479 e. The van der Waals surface area contributed by atoms with Crippen LogP contribution in [0.25, 0.3) is 0 Å². The molecule has 1 saturated carbocycles. The van der Waals surface area contributed by atoms with Crippen molar-refractivity contribution in [3.63, 3.8) is 0 Å². The van der Waals surface area contributed by atoms with Gasteiger partial charge >= 0.3 is 5.97 Å². The van der Waals surface area contributed by atoms with E-state index in [1.807, 2.05) is 0 Å². The number of carbonyl (C=O) groups excluding carboxylic acids is 2. The maximum atomic E-state index is 12.0. The highest BCUT2D eigenvalue weighted by Crippen LogP contribution is 2.24. The lowest BCUT2D eigenvalue weighted by Gasteiger charge is -2.27. The smallest absolute Gasteiger partial charge is 0.331 e. The van der Waals surface area contributed by atoms with Crippen LogP contribution in [0.1, 0.15) is 32.1 Å². The molecule has 6 nitrogen and oxygen atoms in total. The number of rotatable bonds is 3. The third kappa shape index (κ3) is 2.53. The van der Waals surface area contributed by atoms with Gasteiger partial charge in [-0.05, 0) is 12.8 Å². The normalized spacial score (nSPS) is 32.2. The number of carboxylic acids is 1. The van der Waals surface area contributed by atoms with Crippen LogP contribution in [0.15, 0.2) is 0 Å². The monoisotopic (exact) mass is 255 g/mol. The molecule has 2 fully saturated rings. The molecule has 1 heterocycles. The van der Waals surface area contributed by atoms with Gasteiger partial charge in [0.2, 0.25) is 5.91 Å². The fourth-order valence-electron chi connectivity index (χ4n) is 2.47. The molecule has 2 atom stereocenters. The van der Waals surface area contributed by atoms with Gasteiger partial charge in [-0.3, -0.25) is 9.59 Å². The molecule has 0 radical (unpaired) electrons. The molecule has 1 aliphatic carbocycles. The van der Waals surface area contributed by atoms with E-state index in [0.29, 0.717) is 25.9 Å². The van der Waals surface area contributed by atoms with E-state index in [1.165, 1.54) is 0 Å². The molecule has 100 valence electrons. The summed E-state index contributed by atoms with van der Waals surface area (Å²) in [6.45, 7) is 0.324. The summed E-state index contributed by atoms with van der Waals surface area (Å²) in [5.74, 6) is -1.72. The van der Waals surface area contributed by atoms with E-state index in [9.17, 15) is 19.5 Å². The summed E-state index contributed by atoms with van der Waals surface area (Å²) in [4.78, 5) is 34.6. The van der Waals surface area contributed by atoms with Crippen molar-refractivity contribution in [1.82, 2.24) is 5.32 Å². The van der Waals surface area contributed by atoms with E-state index in [0.717, 1.165) is 0 Å². The maximum Gasteiger partial charge on any atom is 0.331 e. The summed E-state index contributed by atoms with van der Waals surface area (Å²) in [7, 11) is 0. The van der Waals surface area contributed by atoms with Crippen LogP contribution >= 0.6 is 0 Å². The Morgan fingerprint density at radius 1 is 1.44 bits per heavy atom. The van der Waals surface area contributed by atoms with Crippen LogP contribution < -0.4 is 5.32 Å². The second-order valence-electron chi connectivity index (χ2n) is 5.01. The van der Waals surface area contributed by atoms with Crippen molar-refractivity contribution in [3.05, 3.63) is 0 Å². The lowest BCUT2D eigenvalue weighted by molar-refractivity contribution is -0.148. The van der Waals surface area contributed by atoms with Crippen molar-refractivity contribution in [1.29, 1.82) is 0 Å². The lowest BCUT2D eigenvalue weighted by Crippen LogP contribution is -2.56. The predicted molar refractivity (Wildman–Crippen MR) is 60.9 cm³/mol. The topological polar surface area (TPSA) is 92.7 Å². The highest BCUT2D eigenvalue weighted by molar-refractivity contribution is 5.91. The maximum absolute atomic E-state index is 12.0. The number of amides is 1. The molecule has 0 spiro atoms. The van der Waals surface area contributed by atoms with Gasteiger partial charge in [-0.1, -0.05) is 0 Å². The summed E-state index contributed by atoms with van der Waals surface area (Å²) in [6, 6.07) is 0. The molecule has 2 N–H and O–H groups in total. The molecule has 0 aromatic rings. The number of ether oxygens (including phenoxy) is 1. The van der Waals surface area contributed by atoms with Crippen molar-refractivity contribution < 1.29 is 24.2 Å². The van der Waals surface area contributed by atoms with E-state index in [1.54, 1.807) is 0 Å². The van der Waals surface area contributed by atoms with E-state index < -0.39 is 11.5 Å². The van der Waals surface area contributed by atoms with Gasteiger partial charge in [0.05, 0.1) is 6.61 Å². The molecule has 1 unspecified atom stereocenters. The molecule has 18 heavy (non-hydrogen) atoms. The lowest BCUT2D eigenvalue weighted by atomic mass is 9.86. The molecule has 2 rings (SSSR count). The standard InChI is InChI=1S/C12H17NO5/c14-9-3-1-2-8(6-9)10(15)13-12(11(16)17)4-5-18-7-12/h8H,1-7H2,(H,13,15)(H,16,17)/t8?,12-/m0/s1. The number of ketones is 1. The molecule has 0 bridgehead atoms. The first-order valence-corrected chi connectivity index (χ1v) is 6.18. The number of nitrogens with one attached hydrogen (secondary N) is 1. The molecule has 0 aromatic carbocycles. The zero-order chi connectivity index (χ0) is 13.2. The van der Waals surface area contributed by atoms with Crippen LogP contribution in [0.5, 0.6) is 0 Å². The number of carbonyl (C=O) groups is 3. The van der Waals surface area contributed by atoms with Gasteiger partial charge in [0, 0.05) is 31.8 Å². The summed E-state index contributed by atoms with van der Waals surface area (Å²) >= 11 is 0. The Labute approximate surface area is 105 Å². The second-order valence-corrected chi connectivity index (χ2v) is 5.01. The minimum absolute atomic E-state index is 0.00522. The quantitative estimate of drug-likeness (QED) is 0.746. The molecular weight excluding hydrogens is 238 g/mol. The first-order chi connectivity index (χ1) is 8.53. The number of hydrogen-bond acceptors (Lipinski definition) is 4. The number of Topliss-reactive ketones (excluding diaryl/α,β-unsaturated/α-hetero) is 1. The molecular formula is C12H17NO5. The molecule has 0 aromatic heterocycles. The molecule has 1 aliphatic heterocycles. The van der Waals surface area contributed by atoms with Crippen LogP contribution in [0.4, 0.5) is 0 Å². The van der Waals surface area contributed by atoms with Crippen molar-refractivity contribution in [2.75, 3.05) is 13.2 Å². The number of aliphatic carboxylic acids is 1. The van der Waals surface area contributed by atoms with E-state index >= 15 is 0 Å². The third-order valence-electron chi connectivity index (χ3n) is 3.65. The highest BCUT2D eigenvalue weighted by atomic mass is 16.5. The Kier molecular flexibility index (Phi) is 3.65. The van der Waals surface area contributed by atoms with Gasteiger partial charge in [-0.15, -0.1) is 0 Å². The van der Waals surface area contributed by atoms with Crippen LogP contribution in [0.2, 0.25) is 0 Å². The van der Waals surface area contributed by atoms with E-state index in [-0.39, 0.29) is 37.1 Å². The van der Waals surface area contributed by atoms with Gasteiger partial charge < -0.3 is 15.2 Å². The Morgan fingerprint density at radius 2 is 2.22 bits per heavy atom. The fraction of sp³-hybridized carbons (Fsp3) is 0.750. The summed E-state index contributed by atoms with van der Waals surface area (Å²) in [5, 5.41) is 11.8. The zero-order valence-electron chi connectivity index (χ0n) is 10.1. The Morgan fingerprint density at radius 3 is 2.78 bits per heavy atom. The van der Waals surface area contributed by atoms with Crippen LogP contribution in [0, 0.1) is 5.92 Å². The molecule has 1 amide bonds. The van der Waals surface area contributed by atoms with E-state index in [4.69, 9.17) is 4.74 Å². The van der Waals surface area contributed by atoms with Gasteiger partial charge in [0.1, 0.15) is 5.78 Å². The SMILES string of the molecule is O=C1CCCC(C(=O)N[C@@]2(C(=O)O)CCOC2)C1. The number of carboxylic acid groups (broad SMARTS) is 1. The third-order valence-corrected chi connectivity index (χ3v) is 3.65. The molecule has 6 heteroatoms. The van der Waals surface area contributed by atoms with Crippen molar-refractivity contribution >= 4 is 17.7 Å². The minimum atomic E-state index is -1.31. The average Bonchev–Trinajstić information content (AvgIpc) is 2.79. The fourth-order valence-corrected chi connectivity index (χ4v) is 2.47. The summed E-state index contributed by atoms with van der Waals surface area (Å²) < 4.78 is 5.07. The van der Waals surface area contributed by atoms with E-state index in [2.05, 4.69) is 5.32 Å². The average molecular weight is 255 g/mol. The van der Waals surface area contributed by atoms with Crippen LogP contribution in [0.3, 0.4) is 0 Å².